The van der Waals surface area contributed by atoms with E-state index in [1.54, 1.807) is 61.5 Å². The van der Waals surface area contributed by atoms with Crippen molar-refractivity contribution in [1.29, 1.82) is 5.26 Å². The molecule has 3 aromatic carbocycles. The molecule has 4 bridgehead atoms. The number of aryl methyl sites for hydroxylation is 1. The maximum atomic E-state index is 14.5. The molecule has 4 atom stereocenters. The monoisotopic (exact) mass is 841 g/mol. The molecule has 5 amide bonds. The zero-order valence-corrected chi connectivity index (χ0v) is 35.5. The number of benzene rings is 3. The van der Waals surface area contributed by atoms with Crippen molar-refractivity contribution in [2.24, 2.45) is 23.1 Å². The minimum absolute atomic E-state index is 0.0103. The van der Waals surface area contributed by atoms with Crippen molar-refractivity contribution in [1.82, 2.24) is 26.2 Å². The fourth-order valence-corrected chi connectivity index (χ4v) is 6.76. The average molecular weight is 842 g/mol. The number of nitrogens with two attached hydrogens (primary N) is 3. The number of carbonyl (C=O) groups is 5. The normalized spacial score (nSPS) is 16.8. The molecule has 4 rings (SSSR count). The lowest BCUT2D eigenvalue weighted by atomic mass is 9.93. The summed E-state index contributed by atoms with van der Waals surface area (Å²) in [5.41, 5.74) is 20.5. The van der Waals surface area contributed by atoms with Crippen molar-refractivity contribution in [2.45, 2.75) is 71.1 Å². The average Bonchev–Trinajstić information content (AvgIpc) is 3.23. The van der Waals surface area contributed by atoms with E-state index in [2.05, 4.69) is 35.1 Å². The number of likely N-dealkylation sites (N-methyl/N-ethyl adjacent to an activating group) is 1. The van der Waals surface area contributed by atoms with E-state index in [9.17, 15) is 24.0 Å². The van der Waals surface area contributed by atoms with E-state index < -0.39 is 53.7 Å². The molecule has 328 valence electrons. The highest BCUT2D eigenvalue weighted by Gasteiger charge is 2.36. The minimum Gasteiger partial charge on any atom is -0.494 e. The highest BCUT2D eigenvalue weighted by atomic mass is 16.5. The van der Waals surface area contributed by atoms with Crippen LogP contribution in [0.15, 0.2) is 54.6 Å². The van der Waals surface area contributed by atoms with Gasteiger partial charge in [-0.3, -0.25) is 24.0 Å². The molecular weight excluding hydrogens is 783 g/mol. The van der Waals surface area contributed by atoms with Gasteiger partial charge < -0.3 is 57.6 Å². The van der Waals surface area contributed by atoms with Crippen LogP contribution in [0.1, 0.15) is 66.7 Å². The highest BCUT2D eigenvalue weighted by molar-refractivity contribution is 6.00. The molecule has 10 N–H and O–H groups in total. The summed E-state index contributed by atoms with van der Waals surface area (Å²) in [6, 6.07) is 12.3. The molecule has 0 spiro atoms. The number of carbonyl (C=O) groups excluding carboxylic acids is 5. The van der Waals surface area contributed by atoms with Gasteiger partial charge in [-0.15, -0.1) is 0 Å². The Morgan fingerprint density at radius 3 is 2.16 bits per heavy atom. The van der Waals surface area contributed by atoms with E-state index >= 15 is 0 Å². The molecule has 61 heavy (non-hydrogen) atoms. The fourth-order valence-electron chi connectivity index (χ4n) is 6.76. The summed E-state index contributed by atoms with van der Waals surface area (Å²) < 4.78 is 18.0. The third-order valence-electron chi connectivity index (χ3n) is 10.0. The van der Waals surface area contributed by atoms with Crippen molar-refractivity contribution in [2.75, 3.05) is 53.0 Å². The van der Waals surface area contributed by atoms with E-state index in [4.69, 9.17) is 36.7 Å². The van der Waals surface area contributed by atoms with Crippen LogP contribution < -0.4 is 52.7 Å². The number of fused-ring (bicyclic) bond motifs is 5. The Balaban J connectivity index is 1.81. The number of nitriles is 1. The summed E-state index contributed by atoms with van der Waals surface area (Å²) in [5, 5.41) is 19.9. The number of rotatable bonds is 18. The molecule has 0 aromatic heterocycles. The third kappa shape index (κ3) is 12.9. The lowest BCUT2D eigenvalue weighted by Gasteiger charge is -2.32. The summed E-state index contributed by atoms with van der Waals surface area (Å²) >= 11 is 0. The number of ether oxygens (including phenoxy) is 3. The zero-order chi connectivity index (χ0) is 44.6. The third-order valence-corrected chi connectivity index (χ3v) is 10.0. The Hall–Kier alpha value is -6.22. The molecule has 3 aromatic rings. The highest BCUT2D eigenvalue weighted by Crippen LogP contribution is 2.40. The van der Waals surface area contributed by atoms with Crippen molar-refractivity contribution in [3.63, 3.8) is 0 Å². The first-order valence-corrected chi connectivity index (χ1v) is 20.4. The van der Waals surface area contributed by atoms with Crippen LogP contribution in [0.25, 0.3) is 11.1 Å². The summed E-state index contributed by atoms with van der Waals surface area (Å²) in [5.74, 6) is -1.32. The van der Waals surface area contributed by atoms with Crippen molar-refractivity contribution < 1.29 is 38.2 Å². The quantitative estimate of drug-likeness (QED) is 0.0901. The van der Waals surface area contributed by atoms with E-state index in [1.165, 1.54) is 18.9 Å². The Labute approximate surface area is 357 Å². The predicted molar refractivity (Wildman–Crippen MR) is 229 cm³/mol. The van der Waals surface area contributed by atoms with Crippen LogP contribution in [0.4, 0.5) is 0 Å². The standard InChI is InChI=1S/C44H59N9O8/c1-26(2)13-19-59-31-8-9-32(27(3)22-31)41(55)51-35(12-14-45)44(58)53(5)39-30-7-11-38(61-21-17-48)34(25-30)33-23-29(6-10-37(33)60-20-16-47)24-36(42(56)49-18-15-46)52-40(54)28(4)50-43(39)57/h6-11,22-23,25-26,28,35-36,39H,12-14,16-21,24,45,47-48H2,1-5H3,(H,49,56)(H,50,57)(H,51,55)(H,52,54)/t28-,35-,36-,39-/m0/s1. The minimum atomic E-state index is -1.37. The van der Waals surface area contributed by atoms with Crippen molar-refractivity contribution in [3.8, 4) is 34.4 Å². The van der Waals surface area contributed by atoms with Crippen LogP contribution in [0.2, 0.25) is 0 Å². The van der Waals surface area contributed by atoms with Gasteiger partial charge in [0.05, 0.1) is 12.7 Å². The molecule has 17 heteroatoms. The first-order chi connectivity index (χ1) is 29.2. The van der Waals surface area contributed by atoms with Gasteiger partial charge in [-0.2, -0.15) is 5.26 Å². The van der Waals surface area contributed by atoms with Crippen LogP contribution in [0, 0.1) is 24.2 Å². The molecule has 0 saturated heterocycles. The van der Waals surface area contributed by atoms with Gasteiger partial charge in [0, 0.05) is 43.2 Å². The second-order valence-electron chi connectivity index (χ2n) is 15.2. The van der Waals surface area contributed by atoms with Gasteiger partial charge in [-0.25, -0.2) is 0 Å². The van der Waals surface area contributed by atoms with Gasteiger partial charge in [0.2, 0.25) is 23.6 Å². The summed E-state index contributed by atoms with van der Waals surface area (Å²) in [7, 11) is 1.43. The largest absolute Gasteiger partial charge is 0.494 e. The smallest absolute Gasteiger partial charge is 0.252 e. The topological polar surface area (TPSA) is 266 Å². The fraction of sp³-hybridized carbons (Fsp3) is 0.455. The van der Waals surface area contributed by atoms with E-state index in [0.29, 0.717) is 63.2 Å². The second-order valence-corrected chi connectivity index (χ2v) is 15.2. The summed E-state index contributed by atoms with van der Waals surface area (Å²) in [4.78, 5) is 70.9. The van der Waals surface area contributed by atoms with Crippen LogP contribution in [0.3, 0.4) is 0 Å². The van der Waals surface area contributed by atoms with Crippen molar-refractivity contribution in [3.05, 3.63) is 76.9 Å². The van der Waals surface area contributed by atoms with Crippen LogP contribution in [0.5, 0.6) is 17.2 Å². The van der Waals surface area contributed by atoms with Crippen LogP contribution >= 0.6 is 0 Å². The van der Waals surface area contributed by atoms with Gasteiger partial charge in [-0.05, 0) is 98.3 Å². The molecule has 0 radical (unpaired) electrons. The van der Waals surface area contributed by atoms with Gasteiger partial charge >= 0.3 is 0 Å². The van der Waals surface area contributed by atoms with Crippen LogP contribution in [-0.4, -0.2) is 106 Å². The first kappa shape index (κ1) is 47.5. The Morgan fingerprint density at radius 2 is 1.54 bits per heavy atom. The number of hydrogen-bond donors (Lipinski definition) is 7. The Morgan fingerprint density at radius 1 is 0.869 bits per heavy atom. The molecule has 0 aliphatic carbocycles. The molecule has 0 fully saturated rings. The Bertz CT molecular complexity index is 2070. The summed E-state index contributed by atoms with van der Waals surface area (Å²) in [6.07, 6.45) is 0.923. The van der Waals surface area contributed by atoms with Gasteiger partial charge in [0.15, 0.2) is 0 Å². The van der Waals surface area contributed by atoms with E-state index in [1.807, 2.05) is 6.07 Å². The predicted octanol–water partition coefficient (Wildman–Crippen LogP) is 1.59. The molecule has 17 nitrogen and oxygen atoms in total. The maximum absolute atomic E-state index is 14.5. The Kier molecular flexibility index (Phi) is 17.9. The molecule has 0 saturated carbocycles. The second kappa shape index (κ2) is 23.0. The zero-order valence-electron chi connectivity index (χ0n) is 35.5. The van der Waals surface area contributed by atoms with Gasteiger partial charge in [0.1, 0.15) is 61.2 Å². The number of nitrogens with one attached hydrogen (secondary N) is 4. The van der Waals surface area contributed by atoms with E-state index in [0.717, 1.165) is 6.42 Å². The molecule has 1 aliphatic heterocycles. The lowest BCUT2D eigenvalue weighted by molar-refractivity contribution is -0.141. The van der Waals surface area contributed by atoms with Gasteiger partial charge in [0.25, 0.3) is 5.91 Å². The molecular formula is C44H59N9O8. The summed E-state index contributed by atoms with van der Waals surface area (Å²) in [6.45, 7) is 8.39. The number of hydrogen-bond acceptors (Lipinski definition) is 12. The molecule has 1 heterocycles. The van der Waals surface area contributed by atoms with E-state index in [-0.39, 0.29) is 52.2 Å². The number of amides is 5. The van der Waals surface area contributed by atoms with Crippen molar-refractivity contribution >= 4 is 29.5 Å². The molecule has 0 unspecified atom stereocenters. The lowest BCUT2D eigenvalue weighted by Crippen LogP contribution is -2.56. The SMILES string of the molecule is Cc1cc(OCCC(C)C)ccc1C(=O)N[C@@H](CCN)C(=O)N(C)[C@@H]1C(=O)N[C@@H](C)C(=O)N[C@H](C(=O)NCC#N)Cc2ccc(OCCN)c(c2)-c2cc1ccc2OCCN. The number of nitrogens with zero attached hydrogens (tertiary/aromatic N) is 2. The maximum Gasteiger partial charge on any atom is 0.252 e. The van der Waals surface area contributed by atoms with Crippen LogP contribution in [-0.2, 0) is 25.6 Å². The molecule has 1 aliphatic rings. The first-order valence-electron chi connectivity index (χ1n) is 20.4. The van der Waals surface area contributed by atoms with Gasteiger partial charge in [-0.1, -0.05) is 26.0 Å².